The van der Waals surface area contributed by atoms with Gasteiger partial charge in [-0.1, -0.05) is 36.4 Å². The Hall–Kier alpha value is -1.89. The van der Waals surface area contributed by atoms with E-state index in [4.69, 9.17) is 9.47 Å². The second-order valence-corrected chi connectivity index (χ2v) is 8.10. The first kappa shape index (κ1) is 18.5. The highest BCUT2D eigenvalue weighted by atomic mass is 32.1. The van der Waals surface area contributed by atoms with Gasteiger partial charge in [-0.25, -0.2) is 4.79 Å². The van der Waals surface area contributed by atoms with E-state index in [0.717, 1.165) is 45.7 Å². The van der Waals surface area contributed by atoms with Gasteiger partial charge in [0.1, 0.15) is 6.10 Å². The van der Waals surface area contributed by atoms with Gasteiger partial charge < -0.3 is 9.47 Å². The van der Waals surface area contributed by atoms with Crippen LogP contribution in [0.15, 0.2) is 47.8 Å². The Morgan fingerprint density at radius 3 is 2.67 bits per heavy atom. The highest BCUT2D eigenvalue weighted by molar-refractivity contribution is 7.10. The molecule has 2 aliphatic heterocycles. The molecule has 27 heavy (non-hydrogen) atoms. The summed E-state index contributed by atoms with van der Waals surface area (Å²) in [6, 6.07) is 14.5. The maximum absolute atomic E-state index is 12.6. The van der Waals surface area contributed by atoms with Crippen molar-refractivity contribution in [3.63, 3.8) is 0 Å². The summed E-state index contributed by atoms with van der Waals surface area (Å²) >= 11 is 1.72. The number of ether oxygens (including phenoxy) is 2. The van der Waals surface area contributed by atoms with Gasteiger partial charge in [0.05, 0.1) is 25.8 Å². The normalized spacial score (nSPS) is 22.0. The van der Waals surface area contributed by atoms with Crippen molar-refractivity contribution in [3.05, 3.63) is 58.3 Å². The maximum Gasteiger partial charge on any atom is 0.410 e. The number of carbonyl (C=O) groups excluding carboxylic acids is 1. The van der Waals surface area contributed by atoms with Crippen molar-refractivity contribution < 1.29 is 14.3 Å². The zero-order valence-electron chi connectivity index (χ0n) is 15.5. The fraction of sp³-hybridized carbons (Fsp3) is 0.476. The molecule has 6 heteroatoms. The van der Waals surface area contributed by atoms with Gasteiger partial charge in [0.2, 0.25) is 0 Å². The van der Waals surface area contributed by atoms with E-state index in [9.17, 15) is 4.79 Å². The van der Waals surface area contributed by atoms with Gasteiger partial charge in [-0.3, -0.25) is 9.80 Å². The first-order valence-electron chi connectivity index (χ1n) is 9.64. The van der Waals surface area contributed by atoms with Crippen molar-refractivity contribution in [2.24, 2.45) is 0 Å². The van der Waals surface area contributed by atoms with Crippen LogP contribution in [0, 0.1) is 0 Å². The van der Waals surface area contributed by atoms with Crippen LogP contribution in [0.2, 0.25) is 0 Å². The summed E-state index contributed by atoms with van der Waals surface area (Å²) in [4.78, 5) is 18.2. The smallest absolute Gasteiger partial charge is 0.410 e. The summed E-state index contributed by atoms with van der Waals surface area (Å²) in [6.07, 6.45) is 1.43. The van der Waals surface area contributed by atoms with Crippen LogP contribution in [0.5, 0.6) is 0 Å². The molecule has 0 saturated carbocycles. The second-order valence-electron chi connectivity index (χ2n) is 7.12. The van der Waals surface area contributed by atoms with Crippen molar-refractivity contribution in [3.8, 4) is 0 Å². The molecule has 2 aromatic rings. The summed E-state index contributed by atoms with van der Waals surface area (Å²) in [6.45, 7) is 5.16. The second kappa shape index (κ2) is 8.87. The number of morpholine rings is 1. The standard InChI is InChI=1S/C21H26N2O3S/c24-21-23(16-18(26-21)15-17-5-2-1-3-6-17)19(20-7-4-14-27-20)8-9-22-10-12-25-13-11-22/h1-7,14,18-19H,8-13,15-16H2. The molecule has 4 rings (SSSR count). The first-order valence-corrected chi connectivity index (χ1v) is 10.5. The van der Waals surface area contributed by atoms with Crippen molar-refractivity contribution in [1.82, 2.24) is 9.80 Å². The zero-order valence-corrected chi connectivity index (χ0v) is 16.3. The molecule has 2 fully saturated rings. The molecule has 2 atom stereocenters. The highest BCUT2D eigenvalue weighted by Crippen LogP contribution is 2.32. The predicted molar refractivity (Wildman–Crippen MR) is 106 cm³/mol. The Kier molecular flexibility index (Phi) is 6.07. The van der Waals surface area contributed by atoms with Crippen LogP contribution < -0.4 is 0 Å². The fourth-order valence-corrected chi connectivity index (χ4v) is 4.71. The van der Waals surface area contributed by atoms with Crippen LogP contribution in [-0.4, -0.2) is 61.4 Å². The molecule has 0 spiro atoms. The monoisotopic (exact) mass is 386 g/mol. The number of amides is 1. The average molecular weight is 387 g/mol. The molecule has 0 bridgehead atoms. The van der Waals surface area contributed by atoms with Crippen LogP contribution in [0.4, 0.5) is 4.79 Å². The van der Waals surface area contributed by atoms with Crippen molar-refractivity contribution in [2.75, 3.05) is 39.4 Å². The molecule has 0 N–H and O–H groups in total. The van der Waals surface area contributed by atoms with Crippen LogP contribution in [0.1, 0.15) is 22.9 Å². The van der Waals surface area contributed by atoms with Gasteiger partial charge in [0, 0.05) is 30.9 Å². The number of rotatable bonds is 7. The summed E-state index contributed by atoms with van der Waals surface area (Å²) < 4.78 is 11.1. The fourth-order valence-electron chi connectivity index (χ4n) is 3.84. The number of benzene rings is 1. The van der Waals surface area contributed by atoms with E-state index >= 15 is 0 Å². The minimum Gasteiger partial charge on any atom is -0.444 e. The van der Waals surface area contributed by atoms with Crippen LogP contribution in [0.25, 0.3) is 0 Å². The zero-order chi connectivity index (χ0) is 18.5. The third-order valence-corrected chi connectivity index (χ3v) is 6.25. The SMILES string of the molecule is O=C1OC(Cc2ccccc2)CN1C(CCN1CCOCC1)c1cccs1. The minimum absolute atomic E-state index is 0.0780. The Morgan fingerprint density at radius 2 is 1.93 bits per heavy atom. The van der Waals surface area contributed by atoms with Crippen LogP contribution in [0.3, 0.4) is 0 Å². The number of hydrogen-bond acceptors (Lipinski definition) is 5. The lowest BCUT2D eigenvalue weighted by Crippen LogP contribution is -2.39. The molecule has 144 valence electrons. The Bertz CT molecular complexity index is 716. The summed E-state index contributed by atoms with van der Waals surface area (Å²) in [7, 11) is 0. The Balaban J connectivity index is 1.42. The van der Waals surface area contributed by atoms with E-state index in [2.05, 4.69) is 34.5 Å². The lowest BCUT2D eigenvalue weighted by atomic mass is 10.1. The molecule has 0 radical (unpaired) electrons. The van der Waals surface area contributed by atoms with E-state index in [0.29, 0.717) is 6.54 Å². The number of cyclic esters (lactones) is 1. The van der Waals surface area contributed by atoms with Gasteiger partial charge in [-0.15, -0.1) is 11.3 Å². The number of carbonyl (C=O) groups is 1. The lowest BCUT2D eigenvalue weighted by Gasteiger charge is -2.30. The molecule has 3 heterocycles. The molecular weight excluding hydrogens is 360 g/mol. The molecule has 0 aliphatic carbocycles. The molecule has 2 saturated heterocycles. The quantitative estimate of drug-likeness (QED) is 0.730. The van der Waals surface area contributed by atoms with Crippen molar-refractivity contribution in [1.29, 1.82) is 0 Å². The number of nitrogens with zero attached hydrogens (tertiary/aromatic N) is 2. The van der Waals surface area contributed by atoms with Crippen molar-refractivity contribution in [2.45, 2.75) is 25.0 Å². The molecule has 1 aromatic heterocycles. The largest absolute Gasteiger partial charge is 0.444 e. The van der Waals surface area contributed by atoms with Gasteiger partial charge in [-0.2, -0.15) is 0 Å². The summed E-state index contributed by atoms with van der Waals surface area (Å²) in [5.41, 5.74) is 1.21. The van der Waals surface area contributed by atoms with E-state index in [1.807, 2.05) is 23.1 Å². The summed E-state index contributed by atoms with van der Waals surface area (Å²) in [5, 5.41) is 2.08. The predicted octanol–water partition coefficient (Wildman–Crippen LogP) is 3.58. The first-order chi connectivity index (χ1) is 13.3. The van der Waals surface area contributed by atoms with Gasteiger partial charge in [0.25, 0.3) is 0 Å². The third kappa shape index (κ3) is 4.69. The minimum atomic E-state index is -0.184. The van der Waals surface area contributed by atoms with E-state index in [1.54, 1.807) is 11.3 Å². The maximum atomic E-state index is 12.6. The van der Waals surface area contributed by atoms with Gasteiger partial charge in [0.15, 0.2) is 0 Å². The lowest BCUT2D eigenvalue weighted by molar-refractivity contribution is 0.0342. The van der Waals surface area contributed by atoms with Crippen molar-refractivity contribution >= 4 is 17.4 Å². The topological polar surface area (TPSA) is 42.0 Å². The number of thiophene rings is 1. The number of hydrogen-bond donors (Lipinski definition) is 0. The Morgan fingerprint density at radius 1 is 1.11 bits per heavy atom. The van der Waals surface area contributed by atoms with Gasteiger partial charge >= 0.3 is 6.09 Å². The van der Waals surface area contributed by atoms with Crippen LogP contribution >= 0.6 is 11.3 Å². The van der Waals surface area contributed by atoms with Crippen LogP contribution in [-0.2, 0) is 15.9 Å². The molecule has 5 nitrogen and oxygen atoms in total. The molecule has 2 aliphatic rings. The Labute approximate surface area is 164 Å². The molecule has 1 amide bonds. The van der Waals surface area contributed by atoms with E-state index in [-0.39, 0.29) is 18.2 Å². The molecular formula is C21H26N2O3S. The van der Waals surface area contributed by atoms with E-state index in [1.165, 1.54) is 10.4 Å². The average Bonchev–Trinajstić information content (AvgIpc) is 3.35. The van der Waals surface area contributed by atoms with Gasteiger partial charge in [-0.05, 0) is 23.4 Å². The third-order valence-electron chi connectivity index (χ3n) is 5.28. The molecule has 2 unspecified atom stereocenters. The summed E-state index contributed by atoms with van der Waals surface area (Å²) in [5.74, 6) is 0. The highest BCUT2D eigenvalue weighted by Gasteiger charge is 2.37. The molecule has 1 aromatic carbocycles. The van der Waals surface area contributed by atoms with E-state index < -0.39 is 0 Å².